The van der Waals surface area contributed by atoms with Crippen LogP contribution in [0, 0.1) is 5.92 Å². The molecule has 1 aliphatic carbocycles. The number of aliphatic hydroxyl groups is 1. The molecule has 1 rings (SSSR count). The van der Waals surface area contributed by atoms with Crippen molar-refractivity contribution < 1.29 is 9.90 Å². The highest BCUT2D eigenvalue weighted by Crippen LogP contribution is 2.16. The highest BCUT2D eigenvalue weighted by molar-refractivity contribution is 5.81. The third-order valence-corrected chi connectivity index (χ3v) is 2.59. The average molecular weight is 212 g/mol. The van der Waals surface area contributed by atoms with Crippen molar-refractivity contribution in [2.45, 2.75) is 38.3 Å². The fourth-order valence-corrected chi connectivity index (χ4v) is 1.71. The summed E-state index contributed by atoms with van der Waals surface area (Å²) in [6.07, 6.45) is 5.58. The predicted octanol–water partition coefficient (Wildman–Crippen LogP) is 0.167. The number of amides is 1. The highest BCUT2D eigenvalue weighted by atomic mass is 16.3. The number of nitrogens with two attached hydrogens (primary N) is 1. The number of carbonyl (C=O) groups is 1. The lowest BCUT2D eigenvalue weighted by Crippen LogP contribution is -2.36. The van der Waals surface area contributed by atoms with Crippen LogP contribution in [0.3, 0.4) is 0 Å². The van der Waals surface area contributed by atoms with E-state index < -0.39 is 6.10 Å². The fraction of sp³-hybridized carbons (Fsp3) is 0.727. The van der Waals surface area contributed by atoms with E-state index in [2.05, 4.69) is 5.32 Å². The molecule has 0 aromatic carbocycles. The molecule has 0 fully saturated rings. The molecule has 15 heavy (non-hydrogen) atoms. The van der Waals surface area contributed by atoms with Crippen molar-refractivity contribution in [3.63, 3.8) is 0 Å². The van der Waals surface area contributed by atoms with Crippen molar-refractivity contribution in [1.29, 1.82) is 0 Å². The second-order valence-electron chi connectivity index (χ2n) is 4.08. The minimum atomic E-state index is -0.432. The summed E-state index contributed by atoms with van der Waals surface area (Å²) in [7, 11) is 0. The lowest BCUT2D eigenvalue weighted by molar-refractivity contribution is -0.124. The van der Waals surface area contributed by atoms with Gasteiger partial charge in [-0.15, -0.1) is 0 Å². The molecule has 0 saturated heterocycles. The SMILES string of the molecule is CCCC(O)CNC(=O)C1C=CC(N)C1. The van der Waals surface area contributed by atoms with Crippen molar-refractivity contribution in [2.75, 3.05) is 6.54 Å². The van der Waals surface area contributed by atoms with Gasteiger partial charge in [-0.25, -0.2) is 0 Å². The monoisotopic (exact) mass is 212 g/mol. The van der Waals surface area contributed by atoms with Crippen molar-refractivity contribution in [3.05, 3.63) is 12.2 Å². The lowest BCUT2D eigenvalue weighted by atomic mass is 10.1. The summed E-state index contributed by atoms with van der Waals surface area (Å²) < 4.78 is 0. The van der Waals surface area contributed by atoms with Gasteiger partial charge in [-0.05, 0) is 12.8 Å². The first-order valence-corrected chi connectivity index (χ1v) is 5.53. The predicted molar refractivity (Wildman–Crippen MR) is 59.1 cm³/mol. The summed E-state index contributed by atoms with van der Waals surface area (Å²) in [6.45, 7) is 2.34. The summed E-state index contributed by atoms with van der Waals surface area (Å²) in [6, 6.07) is 0.00122. The maximum Gasteiger partial charge on any atom is 0.227 e. The van der Waals surface area contributed by atoms with Gasteiger partial charge in [-0.2, -0.15) is 0 Å². The molecule has 0 aromatic rings. The largest absolute Gasteiger partial charge is 0.391 e. The summed E-state index contributed by atoms with van der Waals surface area (Å²) in [5.74, 6) is -0.150. The minimum Gasteiger partial charge on any atom is -0.391 e. The van der Waals surface area contributed by atoms with Crippen molar-refractivity contribution in [2.24, 2.45) is 11.7 Å². The Morgan fingerprint density at radius 3 is 2.93 bits per heavy atom. The Balaban J connectivity index is 2.22. The van der Waals surface area contributed by atoms with Crippen molar-refractivity contribution >= 4 is 5.91 Å². The van der Waals surface area contributed by atoms with Gasteiger partial charge in [0.1, 0.15) is 0 Å². The van der Waals surface area contributed by atoms with Crippen LogP contribution in [0.15, 0.2) is 12.2 Å². The van der Waals surface area contributed by atoms with Crippen LogP contribution in [-0.2, 0) is 4.79 Å². The van der Waals surface area contributed by atoms with Gasteiger partial charge >= 0.3 is 0 Å². The second kappa shape index (κ2) is 5.88. The number of aliphatic hydroxyl groups excluding tert-OH is 1. The van der Waals surface area contributed by atoms with Gasteiger partial charge in [0, 0.05) is 12.6 Å². The molecule has 86 valence electrons. The smallest absolute Gasteiger partial charge is 0.227 e. The van der Waals surface area contributed by atoms with E-state index in [0.717, 1.165) is 12.8 Å². The maximum atomic E-state index is 11.6. The Bertz CT molecular complexity index is 241. The van der Waals surface area contributed by atoms with Gasteiger partial charge in [-0.3, -0.25) is 4.79 Å². The maximum absolute atomic E-state index is 11.6. The summed E-state index contributed by atoms with van der Waals surface area (Å²) in [5.41, 5.74) is 5.65. The van der Waals surface area contributed by atoms with Gasteiger partial charge in [0.05, 0.1) is 12.0 Å². The Hall–Kier alpha value is -0.870. The quantitative estimate of drug-likeness (QED) is 0.568. The zero-order chi connectivity index (χ0) is 11.3. The van der Waals surface area contributed by atoms with Crippen LogP contribution < -0.4 is 11.1 Å². The Labute approximate surface area is 90.5 Å². The van der Waals surface area contributed by atoms with E-state index in [9.17, 15) is 9.90 Å². The third kappa shape index (κ3) is 4.01. The van der Waals surface area contributed by atoms with E-state index in [-0.39, 0.29) is 17.9 Å². The molecule has 1 amide bonds. The van der Waals surface area contributed by atoms with Crippen molar-refractivity contribution in [3.8, 4) is 0 Å². The van der Waals surface area contributed by atoms with E-state index >= 15 is 0 Å². The Morgan fingerprint density at radius 1 is 1.67 bits per heavy atom. The molecule has 0 spiro atoms. The van der Waals surface area contributed by atoms with E-state index in [1.54, 1.807) is 0 Å². The van der Waals surface area contributed by atoms with Crippen molar-refractivity contribution in [1.82, 2.24) is 5.32 Å². The molecule has 1 aliphatic rings. The summed E-state index contributed by atoms with van der Waals surface area (Å²) >= 11 is 0. The molecule has 0 saturated carbocycles. The van der Waals surface area contributed by atoms with Crippen LogP contribution in [0.1, 0.15) is 26.2 Å². The number of carbonyl (C=O) groups excluding carboxylic acids is 1. The second-order valence-corrected chi connectivity index (χ2v) is 4.08. The van der Waals surface area contributed by atoms with Crippen LogP contribution in [0.4, 0.5) is 0 Å². The highest BCUT2D eigenvalue weighted by Gasteiger charge is 2.22. The molecule has 3 unspecified atom stereocenters. The molecule has 0 aliphatic heterocycles. The molecule has 4 heteroatoms. The molecule has 0 bridgehead atoms. The molecule has 0 radical (unpaired) electrons. The van der Waals surface area contributed by atoms with Gasteiger partial charge in [0.2, 0.25) is 5.91 Å². The number of rotatable bonds is 5. The lowest BCUT2D eigenvalue weighted by Gasteiger charge is -2.13. The topological polar surface area (TPSA) is 75.3 Å². The fourth-order valence-electron chi connectivity index (χ4n) is 1.71. The van der Waals surface area contributed by atoms with Crippen LogP contribution in [0.5, 0.6) is 0 Å². The van der Waals surface area contributed by atoms with Gasteiger partial charge in [0.25, 0.3) is 0 Å². The average Bonchev–Trinajstić information content (AvgIpc) is 2.62. The first-order chi connectivity index (χ1) is 7.13. The van der Waals surface area contributed by atoms with Gasteiger partial charge < -0.3 is 16.2 Å². The first kappa shape index (κ1) is 12.2. The zero-order valence-electron chi connectivity index (χ0n) is 9.15. The zero-order valence-corrected chi connectivity index (χ0v) is 9.15. The normalized spacial score (nSPS) is 26.6. The third-order valence-electron chi connectivity index (χ3n) is 2.59. The number of nitrogens with one attached hydrogen (secondary N) is 1. The molecular formula is C11H20N2O2. The molecule has 0 aromatic heterocycles. The molecule has 4 nitrogen and oxygen atoms in total. The van der Waals surface area contributed by atoms with Crippen LogP contribution >= 0.6 is 0 Å². The molecule has 4 N–H and O–H groups in total. The van der Waals surface area contributed by atoms with E-state index in [1.165, 1.54) is 0 Å². The first-order valence-electron chi connectivity index (χ1n) is 5.53. The molecule has 3 atom stereocenters. The van der Waals surface area contributed by atoms with E-state index in [1.807, 2.05) is 19.1 Å². The number of hydrogen-bond donors (Lipinski definition) is 3. The van der Waals surface area contributed by atoms with E-state index in [4.69, 9.17) is 5.73 Å². The van der Waals surface area contributed by atoms with Gasteiger partial charge in [-0.1, -0.05) is 25.5 Å². The standard InChI is InChI=1S/C11H20N2O2/c1-2-3-10(14)7-13-11(15)8-4-5-9(12)6-8/h4-5,8-10,14H,2-3,6-7,12H2,1H3,(H,13,15). The van der Waals surface area contributed by atoms with Crippen LogP contribution in [-0.4, -0.2) is 29.7 Å². The molecule has 0 heterocycles. The summed E-state index contributed by atoms with van der Waals surface area (Å²) in [5, 5.41) is 12.2. The number of hydrogen-bond acceptors (Lipinski definition) is 3. The summed E-state index contributed by atoms with van der Waals surface area (Å²) in [4.78, 5) is 11.6. The van der Waals surface area contributed by atoms with Crippen LogP contribution in [0.25, 0.3) is 0 Å². The minimum absolute atomic E-state index is 0.00122. The Kier molecular flexibility index (Phi) is 4.78. The molecular weight excluding hydrogens is 192 g/mol. The van der Waals surface area contributed by atoms with Crippen LogP contribution in [0.2, 0.25) is 0 Å². The van der Waals surface area contributed by atoms with Gasteiger partial charge in [0.15, 0.2) is 0 Å². The Morgan fingerprint density at radius 2 is 2.40 bits per heavy atom. The van der Waals surface area contributed by atoms with E-state index in [0.29, 0.717) is 13.0 Å².